The van der Waals surface area contributed by atoms with Crippen LogP contribution in [0.4, 0.5) is 11.4 Å². The maximum absolute atomic E-state index is 12.2. The topological polar surface area (TPSA) is 105 Å². The minimum absolute atomic E-state index is 0.192. The highest BCUT2D eigenvalue weighted by molar-refractivity contribution is 7.89. The number of nitro groups is 1. The second-order valence-corrected chi connectivity index (χ2v) is 6.22. The van der Waals surface area contributed by atoms with Gasteiger partial charge in [-0.1, -0.05) is 6.92 Å². The van der Waals surface area contributed by atoms with Gasteiger partial charge in [0.25, 0.3) is 5.69 Å². The van der Waals surface area contributed by atoms with Crippen LogP contribution >= 0.6 is 0 Å². The molecular weight excluding hydrogens is 296 g/mol. The van der Waals surface area contributed by atoms with E-state index in [1.807, 2.05) is 18.9 Å². The van der Waals surface area contributed by atoms with Gasteiger partial charge in [-0.3, -0.25) is 10.1 Å². The van der Waals surface area contributed by atoms with Gasteiger partial charge in [0, 0.05) is 31.9 Å². The summed E-state index contributed by atoms with van der Waals surface area (Å²) in [5, 5.41) is 13.8. The van der Waals surface area contributed by atoms with Gasteiger partial charge in [0.05, 0.1) is 4.92 Å². The van der Waals surface area contributed by atoms with Gasteiger partial charge in [0.15, 0.2) is 4.90 Å². The standard InChI is InChI=1S/C12H20N4O4S/c1-4-15(3)8-7-14-21(19,20)12-6-5-10(13-2)9-11(12)16(17)18/h5-6,9,13-14H,4,7-8H2,1-3H3. The maximum Gasteiger partial charge on any atom is 0.291 e. The van der Waals surface area contributed by atoms with Crippen LogP contribution in [0.15, 0.2) is 23.1 Å². The van der Waals surface area contributed by atoms with Crippen molar-refractivity contribution in [1.29, 1.82) is 0 Å². The zero-order valence-corrected chi connectivity index (χ0v) is 13.1. The molecule has 0 saturated carbocycles. The fourth-order valence-corrected chi connectivity index (χ4v) is 2.82. The van der Waals surface area contributed by atoms with E-state index >= 15 is 0 Å². The summed E-state index contributed by atoms with van der Waals surface area (Å²) >= 11 is 0. The molecule has 0 heterocycles. The van der Waals surface area contributed by atoms with Crippen LogP contribution in [0.25, 0.3) is 0 Å². The van der Waals surface area contributed by atoms with Crippen molar-refractivity contribution in [1.82, 2.24) is 9.62 Å². The van der Waals surface area contributed by atoms with Crippen LogP contribution in [0.3, 0.4) is 0 Å². The molecule has 0 atom stereocenters. The SMILES string of the molecule is CCN(C)CCNS(=O)(=O)c1ccc(NC)cc1[N+](=O)[O-]. The van der Waals surface area contributed by atoms with Crippen molar-refractivity contribution in [3.63, 3.8) is 0 Å². The molecule has 21 heavy (non-hydrogen) atoms. The molecule has 0 spiro atoms. The van der Waals surface area contributed by atoms with Gasteiger partial charge in [-0.05, 0) is 25.7 Å². The molecular formula is C12H20N4O4S. The highest BCUT2D eigenvalue weighted by Gasteiger charge is 2.25. The number of likely N-dealkylation sites (N-methyl/N-ethyl adjacent to an activating group) is 1. The van der Waals surface area contributed by atoms with Crippen LogP contribution in [0.1, 0.15) is 6.92 Å². The molecule has 0 unspecified atom stereocenters. The molecule has 9 heteroatoms. The molecule has 0 amide bonds. The second kappa shape index (κ2) is 7.34. The summed E-state index contributed by atoms with van der Waals surface area (Å²) in [5.74, 6) is 0. The van der Waals surface area contributed by atoms with Gasteiger partial charge in [0.1, 0.15) is 0 Å². The fourth-order valence-electron chi connectivity index (χ4n) is 1.65. The number of hydrogen-bond donors (Lipinski definition) is 2. The van der Waals surface area contributed by atoms with Crippen molar-refractivity contribution >= 4 is 21.4 Å². The molecule has 0 bridgehead atoms. The lowest BCUT2D eigenvalue weighted by Gasteiger charge is -2.14. The van der Waals surface area contributed by atoms with E-state index in [1.165, 1.54) is 18.2 Å². The van der Waals surface area contributed by atoms with Gasteiger partial charge in [0.2, 0.25) is 10.0 Å². The molecule has 0 aliphatic carbocycles. The van der Waals surface area contributed by atoms with Crippen LogP contribution < -0.4 is 10.0 Å². The Morgan fingerprint density at radius 3 is 2.57 bits per heavy atom. The van der Waals surface area contributed by atoms with Crippen LogP contribution in [0.5, 0.6) is 0 Å². The first kappa shape index (κ1) is 17.3. The largest absolute Gasteiger partial charge is 0.388 e. The molecule has 0 fully saturated rings. The van der Waals surface area contributed by atoms with Gasteiger partial charge >= 0.3 is 0 Å². The van der Waals surface area contributed by atoms with E-state index in [4.69, 9.17) is 0 Å². The van der Waals surface area contributed by atoms with E-state index in [9.17, 15) is 18.5 Å². The third-order valence-corrected chi connectivity index (χ3v) is 4.57. The van der Waals surface area contributed by atoms with Crippen LogP contribution in [-0.2, 0) is 10.0 Å². The summed E-state index contributed by atoms with van der Waals surface area (Å²) in [7, 11) is -0.448. The number of nitrogens with zero attached hydrogens (tertiary/aromatic N) is 2. The van der Waals surface area contributed by atoms with E-state index < -0.39 is 20.6 Å². The minimum atomic E-state index is -3.91. The molecule has 0 radical (unpaired) electrons. The van der Waals surface area contributed by atoms with Crippen molar-refractivity contribution in [3.8, 4) is 0 Å². The Labute approximate surface area is 124 Å². The predicted molar refractivity (Wildman–Crippen MR) is 81.0 cm³/mol. The van der Waals surface area contributed by atoms with E-state index in [0.29, 0.717) is 12.2 Å². The van der Waals surface area contributed by atoms with Gasteiger partial charge < -0.3 is 10.2 Å². The minimum Gasteiger partial charge on any atom is -0.388 e. The lowest BCUT2D eigenvalue weighted by molar-refractivity contribution is -0.387. The normalized spacial score (nSPS) is 11.6. The van der Waals surface area contributed by atoms with E-state index in [-0.39, 0.29) is 11.4 Å². The average molecular weight is 316 g/mol. The molecule has 0 aliphatic rings. The van der Waals surface area contributed by atoms with Crippen LogP contribution in [-0.4, -0.2) is 52.0 Å². The summed E-state index contributed by atoms with van der Waals surface area (Å²) < 4.78 is 26.7. The third-order valence-electron chi connectivity index (χ3n) is 3.06. The zero-order chi connectivity index (χ0) is 16.0. The van der Waals surface area contributed by atoms with Crippen molar-refractivity contribution in [2.75, 3.05) is 39.0 Å². The molecule has 2 N–H and O–H groups in total. The highest BCUT2D eigenvalue weighted by atomic mass is 32.2. The first-order valence-electron chi connectivity index (χ1n) is 6.46. The van der Waals surface area contributed by atoms with Gasteiger partial charge in [-0.25, -0.2) is 13.1 Å². The van der Waals surface area contributed by atoms with Crippen molar-refractivity contribution in [2.45, 2.75) is 11.8 Å². The smallest absolute Gasteiger partial charge is 0.291 e. The molecule has 1 rings (SSSR count). The Morgan fingerprint density at radius 1 is 1.38 bits per heavy atom. The number of hydrogen-bond acceptors (Lipinski definition) is 6. The lowest BCUT2D eigenvalue weighted by atomic mass is 10.3. The highest BCUT2D eigenvalue weighted by Crippen LogP contribution is 2.26. The van der Waals surface area contributed by atoms with Gasteiger partial charge in [-0.2, -0.15) is 0 Å². The first-order chi connectivity index (χ1) is 9.81. The average Bonchev–Trinajstić information content (AvgIpc) is 2.45. The molecule has 0 aromatic heterocycles. The number of rotatable bonds is 8. The summed E-state index contributed by atoms with van der Waals surface area (Å²) in [4.78, 5) is 11.9. The van der Waals surface area contributed by atoms with Crippen LogP contribution in [0, 0.1) is 10.1 Å². The van der Waals surface area contributed by atoms with E-state index in [0.717, 1.165) is 6.54 Å². The third kappa shape index (κ3) is 4.66. The van der Waals surface area contributed by atoms with Crippen molar-refractivity contribution < 1.29 is 13.3 Å². The first-order valence-corrected chi connectivity index (χ1v) is 7.94. The predicted octanol–water partition coefficient (Wildman–Crippen LogP) is 0.866. The number of benzene rings is 1. The molecule has 0 aliphatic heterocycles. The Kier molecular flexibility index (Phi) is 6.06. The van der Waals surface area contributed by atoms with Crippen molar-refractivity contribution in [2.24, 2.45) is 0 Å². The number of nitrogens with one attached hydrogen (secondary N) is 2. The monoisotopic (exact) mass is 316 g/mol. The van der Waals surface area contributed by atoms with E-state index in [2.05, 4.69) is 10.0 Å². The van der Waals surface area contributed by atoms with Gasteiger partial charge in [-0.15, -0.1) is 0 Å². The Morgan fingerprint density at radius 2 is 2.05 bits per heavy atom. The number of anilines is 1. The zero-order valence-electron chi connectivity index (χ0n) is 12.3. The molecule has 1 aromatic carbocycles. The summed E-state index contributed by atoms with van der Waals surface area (Å²) in [6, 6.07) is 3.92. The number of sulfonamides is 1. The quantitative estimate of drug-likeness (QED) is 0.544. The Balaban J connectivity index is 2.99. The second-order valence-electron chi connectivity index (χ2n) is 4.48. The molecule has 0 saturated heterocycles. The molecule has 1 aromatic rings. The molecule has 118 valence electrons. The summed E-state index contributed by atoms with van der Waals surface area (Å²) in [6.07, 6.45) is 0. The Bertz CT molecular complexity index is 603. The molecule has 8 nitrogen and oxygen atoms in total. The van der Waals surface area contributed by atoms with Crippen molar-refractivity contribution in [3.05, 3.63) is 28.3 Å². The number of nitro benzene ring substituents is 1. The fraction of sp³-hybridized carbons (Fsp3) is 0.500. The lowest BCUT2D eigenvalue weighted by Crippen LogP contribution is -2.33. The summed E-state index contributed by atoms with van der Waals surface area (Å²) in [6.45, 7) is 3.46. The van der Waals surface area contributed by atoms with E-state index in [1.54, 1.807) is 7.05 Å². The maximum atomic E-state index is 12.2. The summed E-state index contributed by atoms with van der Waals surface area (Å²) in [5.41, 5.74) is 0.0320. The van der Waals surface area contributed by atoms with Crippen LogP contribution in [0.2, 0.25) is 0 Å². The Hall–Kier alpha value is -1.71.